The van der Waals surface area contributed by atoms with E-state index in [0.717, 1.165) is 16.1 Å². The smallest absolute Gasteiger partial charge is 0.250 e. The number of anilines is 1. The molecular formula is C17H19ClN2O3S. The Hall–Kier alpha value is -2.05. The molecule has 2 rings (SSSR count). The summed E-state index contributed by atoms with van der Waals surface area (Å²) in [6.07, 6.45) is 3.09. The molecule has 128 valence electrons. The van der Waals surface area contributed by atoms with Crippen LogP contribution in [0.4, 0.5) is 5.13 Å². The minimum Gasteiger partial charge on any atom is -0.491 e. The van der Waals surface area contributed by atoms with Gasteiger partial charge in [0, 0.05) is 11.0 Å². The molecule has 1 N–H and O–H groups in total. The van der Waals surface area contributed by atoms with Crippen molar-refractivity contribution in [1.29, 1.82) is 0 Å². The summed E-state index contributed by atoms with van der Waals surface area (Å²) in [4.78, 5) is 17.4. The van der Waals surface area contributed by atoms with Crippen LogP contribution < -0.4 is 14.8 Å². The zero-order valence-electron chi connectivity index (χ0n) is 14.0. The van der Waals surface area contributed by atoms with Gasteiger partial charge >= 0.3 is 0 Å². The van der Waals surface area contributed by atoms with Crippen molar-refractivity contribution < 1.29 is 14.3 Å². The molecule has 24 heavy (non-hydrogen) atoms. The number of carbonyl (C=O) groups excluding carboxylic acids is 1. The quantitative estimate of drug-likeness (QED) is 0.766. The van der Waals surface area contributed by atoms with Crippen LogP contribution >= 0.6 is 22.9 Å². The van der Waals surface area contributed by atoms with Crippen LogP contribution in [0.2, 0.25) is 5.02 Å². The second kappa shape index (κ2) is 8.17. The van der Waals surface area contributed by atoms with Gasteiger partial charge in [0.15, 0.2) is 16.6 Å². The van der Waals surface area contributed by atoms with Gasteiger partial charge in [-0.1, -0.05) is 11.6 Å². The molecule has 0 aliphatic heterocycles. The van der Waals surface area contributed by atoms with Gasteiger partial charge in [-0.05, 0) is 44.5 Å². The summed E-state index contributed by atoms with van der Waals surface area (Å²) in [6, 6.07) is 3.49. The van der Waals surface area contributed by atoms with E-state index in [1.165, 1.54) is 24.5 Å². The number of rotatable bonds is 6. The molecule has 0 fully saturated rings. The SMILES string of the molecule is CCOc1cc(/C=C/C(=O)Nc2nc(C)c(C)s2)cc(Cl)c1OC. The van der Waals surface area contributed by atoms with Crippen LogP contribution in [-0.4, -0.2) is 24.6 Å². The van der Waals surface area contributed by atoms with E-state index < -0.39 is 0 Å². The highest BCUT2D eigenvalue weighted by molar-refractivity contribution is 7.15. The van der Waals surface area contributed by atoms with Gasteiger partial charge in [0.1, 0.15) is 0 Å². The number of amides is 1. The summed E-state index contributed by atoms with van der Waals surface area (Å²) in [5.41, 5.74) is 1.66. The standard InChI is InChI=1S/C17H19ClN2O3S/c1-5-23-14-9-12(8-13(18)16(14)22-4)6-7-15(21)20-17-19-10(2)11(3)24-17/h6-9H,5H2,1-4H3,(H,19,20,21)/b7-6+. The van der Waals surface area contributed by atoms with Gasteiger partial charge in [0.25, 0.3) is 0 Å². The molecule has 1 aromatic heterocycles. The fourth-order valence-corrected chi connectivity index (χ4v) is 3.10. The highest BCUT2D eigenvalue weighted by Gasteiger charge is 2.11. The van der Waals surface area contributed by atoms with Crippen molar-refractivity contribution >= 4 is 40.1 Å². The molecule has 5 nitrogen and oxygen atoms in total. The number of benzene rings is 1. The van der Waals surface area contributed by atoms with E-state index >= 15 is 0 Å². The lowest BCUT2D eigenvalue weighted by Gasteiger charge is -2.11. The predicted octanol–water partition coefficient (Wildman–Crippen LogP) is 4.47. The van der Waals surface area contributed by atoms with Crippen molar-refractivity contribution in [2.75, 3.05) is 19.0 Å². The Bertz CT molecular complexity index is 752. The van der Waals surface area contributed by atoms with Crippen molar-refractivity contribution in [3.8, 4) is 11.5 Å². The van der Waals surface area contributed by atoms with Crippen molar-refractivity contribution in [3.63, 3.8) is 0 Å². The number of carbonyl (C=O) groups is 1. The fraction of sp³-hybridized carbons (Fsp3) is 0.294. The Kier molecular flexibility index (Phi) is 6.23. The molecule has 1 amide bonds. The van der Waals surface area contributed by atoms with Gasteiger partial charge in [-0.25, -0.2) is 4.98 Å². The molecule has 1 heterocycles. The Morgan fingerprint density at radius 2 is 2.17 bits per heavy atom. The third-order valence-electron chi connectivity index (χ3n) is 3.22. The number of aryl methyl sites for hydroxylation is 2. The van der Waals surface area contributed by atoms with Gasteiger partial charge < -0.3 is 9.47 Å². The van der Waals surface area contributed by atoms with Crippen LogP contribution in [0.25, 0.3) is 6.08 Å². The molecule has 0 aliphatic carbocycles. The van der Waals surface area contributed by atoms with Crippen molar-refractivity contribution in [3.05, 3.63) is 39.4 Å². The number of halogens is 1. The number of hydrogen-bond donors (Lipinski definition) is 1. The molecule has 0 saturated carbocycles. The van der Waals surface area contributed by atoms with Gasteiger partial charge in [-0.3, -0.25) is 10.1 Å². The average Bonchev–Trinajstić information content (AvgIpc) is 2.83. The summed E-state index contributed by atoms with van der Waals surface area (Å²) >= 11 is 7.63. The van der Waals surface area contributed by atoms with Crippen LogP contribution in [-0.2, 0) is 4.79 Å². The second-order valence-electron chi connectivity index (χ2n) is 4.95. The average molecular weight is 367 g/mol. The number of ether oxygens (including phenoxy) is 2. The summed E-state index contributed by atoms with van der Waals surface area (Å²) in [6.45, 7) is 6.24. The van der Waals surface area contributed by atoms with Crippen LogP contribution in [0.15, 0.2) is 18.2 Å². The number of thiazole rings is 1. The molecule has 2 aromatic rings. The number of nitrogens with one attached hydrogen (secondary N) is 1. The maximum Gasteiger partial charge on any atom is 0.250 e. The van der Waals surface area contributed by atoms with Crippen molar-refractivity contribution in [2.45, 2.75) is 20.8 Å². The summed E-state index contributed by atoms with van der Waals surface area (Å²) in [5, 5.41) is 3.75. The monoisotopic (exact) mass is 366 g/mol. The van der Waals surface area contributed by atoms with E-state index in [2.05, 4.69) is 10.3 Å². The maximum atomic E-state index is 12.0. The van der Waals surface area contributed by atoms with Crippen LogP contribution in [0.5, 0.6) is 11.5 Å². The summed E-state index contributed by atoms with van der Waals surface area (Å²) in [5.74, 6) is 0.765. The normalized spacial score (nSPS) is 10.9. The zero-order chi connectivity index (χ0) is 17.7. The highest BCUT2D eigenvalue weighted by atomic mass is 35.5. The van der Waals surface area contributed by atoms with E-state index in [4.69, 9.17) is 21.1 Å². The molecule has 0 atom stereocenters. The van der Waals surface area contributed by atoms with Crippen LogP contribution in [0, 0.1) is 13.8 Å². The number of nitrogens with zero attached hydrogens (tertiary/aromatic N) is 1. The van der Waals surface area contributed by atoms with Crippen molar-refractivity contribution in [1.82, 2.24) is 4.98 Å². The van der Waals surface area contributed by atoms with E-state index in [1.807, 2.05) is 20.8 Å². The van der Waals surface area contributed by atoms with E-state index in [9.17, 15) is 4.79 Å². The zero-order valence-corrected chi connectivity index (χ0v) is 15.5. The Morgan fingerprint density at radius 1 is 1.42 bits per heavy atom. The molecular weight excluding hydrogens is 348 g/mol. The first-order chi connectivity index (χ1) is 11.4. The lowest BCUT2D eigenvalue weighted by molar-refractivity contribution is -0.111. The second-order valence-corrected chi connectivity index (χ2v) is 6.56. The third kappa shape index (κ3) is 4.49. The van der Waals surface area contributed by atoms with Gasteiger partial charge in [-0.15, -0.1) is 11.3 Å². The fourth-order valence-electron chi connectivity index (χ4n) is 1.99. The third-order valence-corrected chi connectivity index (χ3v) is 4.49. The summed E-state index contributed by atoms with van der Waals surface area (Å²) < 4.78 is 10.8. The molecule has 0 radical (unpaired) electrons. The predicted molar refractivity (Wildman–Crippen MR) is 98.4 cm³/mol. The van der Waals surface area contributed by atoms with Gasteiger partial charge in [-0.2, -0.15) is 0 Å². The lowest BCUT2D eigenvalue weighted by atomic mass is 10.2. The first-order valence-electron chi connectivity index (χ1n) is 7.38. The molecule has 0 bridgehead atoms. The Morgan fingerprint density at radius 3 is 2.75 bits per heavy atom. The molecule has 0 saturated heterocycles. The minimum atomic E-state index is -0.256. The van der Waals surface area contributed by atoms with Gasteiger partial charge in [0.2, 0.25) is 5.91 Å². The Balaban J connectivity index is 2.14. The molecule has 7 heteroatoms. The van der Waals surface area contributed by atoms with E-state index in [-0.39, 0.29) is 5.91 Å². The summed E-state index contributed by atoms with van der Waals surface area (Å²) in [7, 11) is 1.53. The largest absolute Gasteiger partial charge is 0.491 e. The number of methoxy groups -OCH3 is 1. The number of hydrogen-bond acceptors (Lipinski definition) is 5. The minimum absolute atomic E-state index is 0.256. The van der Waals surface area contributed by atoms with E-state index in [0.29, 0.717) is 28.3 Å². The lowest BCUT2D eigenvalue weighted by Crippen LogP contribution is -2.07. The van der Waals surface area contributed by atoms with Crippen LogP contribution in [0.1, 0.15) is 23.1 Å². The Labute approximate surface area is 150 Å². The van der Waals surface area contributed by atoms with Crippen molar-refractivity contribution in [2.24, 2.45) is 0 Å². The van der Waals surface area contributed by atoms with Gasteiger partial charge in [0.05, 0.1) is 24.4 Å². The maximum absolute atomic E-state index is 12.0. The van der Waals surface area contributed by atoms with E-state index in [1.54, 1.807) is 18.2 Å². The molecule has 0 aliphatic rings. The molecule has 0 unspecified atom stereocenters. The first-order valence-corrected chi connectivity index (χ1v) is 8.57. The molecule has 0 spiro atoms. The van der Waals surface area contributed by atoms with Crippen LogP contribution in [0.3, 0.4) is 0 Å². The topological polar surface area (TPSA) is 60.5 Å². The molecule has 1 aromatic carbocycles. The highest BCUT2D eigenvalue weighted by Crippen LogP contribution is 2.36. The first kappa shape index (κ1) is 18.3. The number of aromatic nitrogens is 1.